The minimum absolute atomic E-state index is 0.0861. The van der Waals surface area contributed by atoms with E-state index in [0.717, 1.165) is 40.4 Å². The van der Waals surface area contributed by atoms with Crippen molar-refractivity contribution in [1.82, 2.24) is 14.9 Å². The SMILES string of the molecule is COc1ccc([C@@H]2c3nc[nH]c3CCN2C(=O)[C@H]2COc3c(cccc3OC)C2)cc1. The van der Waals surface area contributed by atoms with E-state index in [1.165, 1.54) is 0 Å². The minimum atomic E-state index is -0.249. The summed E-state index contributed by atoms with van der Waals surface area (Å²) in [5, 5.41) is 0. The third-order valence-corrected chi connectivity index (χ3v) is 6.16. The van der Waals surface area contributed by atoms with Gasteiger partial charge in [-0.3, -0.25) is 4.79 Å². The molecular weight excluding hydrogens is 394 g/mol. The summed E-state index contributed by atoms with van der Waals surface area (Å²) >= 11 is 0. The van der Waals surface area contributed by atoms with E-state index in [-0.39, 0.29) is 17.9 Å². The summed E-state index contributed by atoms with van der Waals surface area (Å²) in [7, 11) is 3.28. The van der Waals surface area contributed by atoms with Crippen molar-refractivity contribution < 1.29 is 19.0 Å². The fourth-order valence-corrected chi connectivity index (χ4v) is 4.59. The van der Waals surface area contributed by atoms with Crippen LogP contribution in [0.4, 0.5) is 0 Å². The van der Waals surface area contributed by atoms with Crippen LogP contribution in [0.15, 0.2) is 48.8 Å². The van der Waals surface area contributed by atoms with Crippen LogP contribution in [-0.4, -0.2) is 48.1 Å². The summed E-state index contributed by atoms with van der Waals surface area (Å²) in [5.74, 6) is 2.07. The molecule has 1 amide bonds. The molecule has 0 fully saturated rings. The number of amides is 1. The van der Waals surface area contributed by atoms with Crippen LogP contribution in [0.2, 0.25) is 0 Å². The zero-order chi connectivity index (χ0) is 21.4. The molecule has 2 aromatic carbocycles. The van der Waals surface area contributed by atoms with Crippen molar-refractivity contribution in [2.24, 2.45) is 5.92 Å². The molecule has 5 rings (SSSR count). The standard InChI is InChI=1S/C24H25N3O4/c1-29-18-8-6-15(7-9-18)22-21-19(25-14-26-21)10-11-27(22)24(28)17-12-16-4-3-5-20(30-2)23(16)31-13-17/h3-9,14,17,22H,10-13H2,1-2H3,(H,25,26)/t17-,22-/m1/s1. The Kier molecular flexibility index (Phi) is 5.02. The van der Waals surface area contributed by atoms with Crippen LogP contribution in [0.1, 0.15) is 28.6 Å². The number of rotatable bonds is 4. The molecule has 3 aromatic rings. The number of benzene rings is 2. The number of imidazole rings is 1. The molecule has 0 spiro atoms. The Morgan fingerprint density at radius 1 is 1.16 bits per heavy atom. The largest absolute Gasteiger partial charge is 0.497 e. The average Bonchev–Trinajstić information content (AvgIpc) is 3.31. The summed E-state index contributed by atoms with van der Waals surface area (Å²) in [5.41, 5.74) is 4.01. The number of aromatic amines is 1. The van der Waals surface area contributed by atoms with Gasteiger partial charge in [0.2, 0.25) is 5.91 Å². The number of nitrogens with zero attached hydrogens (tertiary/aromatic N) is 2. The molecule has 1 aromatic heterocycles. The predicted molar refractivity (Wildman–Crippen MR) is 115 cm³/mol. The van der Waals surface area contributed by atoms with E-state index in [0.29, 0.717) is 25.3 Å². The second-order valence-electron chi connectivity index (χ2n) is 7.88. The van der Waals surface area contributed by atoms with Gasteiger partial charge in [0.05, 0.1) is 32.2 Å². The minimum Gasteiger partial charge on any atom is -0.497 e. The number of H-pyrrole nitrogens is 1. The fraction of sp³-hybridized carbons (Fsp3) is 0.333. The van der Waals surface area contributed by atoms with Gasteiger partial charge in [-0.25, -0.2) is 4.98 Å². The molecule has 0 saturated carbocycles. The lowest BCUT2D eigenvalue weighted by Gasteiger charge is -2.38. The van der Waals surface area contributed by atoms with Crippen molar-refractivity contribution in [3.05, 3.63) is 71.3 Å². The normalized spacial score (nSPS) is 19.7. The van der Waals surface area contributed by atoms with Crippen molar-refractivity contribution in [3.8, 4) is 17.2 Å². The lowest BCUT2D eigenvalue weighted by molar-refractivity contribution is -0.139. The number of carbonyl (C=O) groups excluding carboxylic acids is 1. The van der Waals surface area contributed by atoms with E-state index in [4.69, 9.17) is 14.2 Å². The second kappa shape index (κ2) is 7.98. The van der Waals surface area contributed by atoms with E-state index in [9.17, 15) is 4.79 Å². The van der Waals surface area contributed by atoms with Gasteiger partial charge in [-0.05, 0) is 35.7 Å². The molecule has 0 aliphatic carbocycles. The van der Waals surface area contributed by atoms with E-state index in [1.54, 1.807) is 20.5 Å². The van der Waals surface area contributed by atoms with Crippen LogP contribution >= 0.6 is 0 Å². The number of aromatic nitrogens is 2. The second-order valence-corrected chi connectivity index (χ2v) is 7.88. The molecule has 2 aliphatic heterocycles. The summed E-state index contributed by atoms with van der Waals surface area (Å²) in [6, 6.07) is 13.4. The van der Waals surface area contributed by atoms with Gasteiger partial charge in [-0.15, -0.1) is 0 Å². The highest BCUT2D eigenvalue weighted by Gasteiger charge is 2.38. The van der Waals surface area contributed by atoms with Crippen LogP contribution < -0.4 is 14.2 Å². The van der Waals surface area contributed by atoms with Crippen LogP contribution in [-0.2, 0) is 17.6 Å². The van der Waals surface area contributed by atoms with E-state index >= 15 is 0 Å². The zero-order valence-electron chi connectivity index (χ0n) is 17.6. The first kappa shape index (κ1) is 19.5. The maximum atomic E-state index is 13.7. The van der Waals surface area contributed by atoms with Gasteiger partial charge in [0.15, 0.2) is 11.5 Å². The Bertz CT molecular complexity index is 1090. The van der Waals surface area contributed by atoms with E-state index < -0.39 is 0 Å². The average molecular weight is 419 g/mol. The number of para-hydroxylation sites is 1. The first-order valence-electron chi connectivity index (χ1n) is 10.4. The molecule has 7 heteroatoms. The highest BCUT2D eigenvalue weighted by molar-refractivity contribution is 5.81. The Morgan fingerprint density at radius 2 is 2.00 bits per heavy atom. The molecule has 3 heterocycles. The molecule has 0 saturated heterocycles. The highest BCUT2D eigenvalue weighted by Crippen LogP contribution is 2.39. The predicted octanol–water partition coefficient (Wildman–Crippen LogP) is 3.15. The number of carbonyl (C=O) groups is 1. The van der Waals surface area contributed by atoms with Gasteiger partial charge < -0.3 is 24.1 Å². The molecule has 0 unspecified atom stereocenters. The number of hydrogen-bond donors (Lipinski definition) is 1. The number of hydrogen-bond acceptors (Lipinski definition) is 5. The number of nitrogens with one attached hydrogen (secondary N) is 1. The zero-order valence-corrected chi connectivity index (χ0v) is 17.6. The van der Waals surface area contributed by atoms with Crippen molar-refractivity contribution in [2.75, 3.05) is 27.4 Å². The van der Waals surface area contributed by atoms with Crippen molar-refractivity contribution >= 4 is 5.91 Å². The topological polar surface area (TPSA) is 76.7 Å². The van der Waals surface area contributed by atoms with Crippen LogP contribution in [0.5, 0.6) is 17.2 Å². The number of ether oxygens (including phenoxy) is 3. The van der Waals surface area contributed by atoms with Gasteiger partial charge in [-0.2, -0.15) is 0 Å². The van der Waals surface area contributed by atoms with Crippen LogP contribution in [0, 0.1) is 5.92 Å². The maximum Gasteiger partial charge on any atom is 0.230 e. The molecule has 1 N–H and O–H groups in total. The van der Waals surface area contributed by atoms with Gasteiger partial charge in [-0.1, -0.05) is 24.3 Å². The van der Waals surface area contributed by atoms with Crippen LogP contribution in [0.3, 0.4) is 0 Å². The third-order valence-electron chi connectivity index (χ3n) is 6.16. The molecule has 160 valence electrons. The Balaban J connectivity index is 1.45. The summed E-state index contributed by atoms with van der Waals surface area (Å²) in [6.07, 6.45) is 3.09. The molecule has 2 aliphatic rings. The molecule has 2 atom stereocenters. The van der Waals surface area contributed by atoms with Gasteiger partial charge in [0.1, 0.15) is 18.4 Å². The Hall–Kier alpha value is -3.48. The van der Waals surface area contributed by atoms with E-state index in [1.807, 2.05) is 47.4 Å². The highest BCUT2D eigenvalue weighted by atomic mass is 16.5. The quantitative estimate of drug-likeness (QED) is 0.703. The van der Waals surface area contributed by atoms with Crippen LogP contribution in [0.25, 0.3) is 0 Å². The van der Waals surface area contributed by atoms with Crippen molar-refractivity contribution in [1.29, 1.82) is 0 Å². The van der Waals surface area contributed by atoms with Crippen molar-refractivity contribution in [3.63, 3.8) is 0 Å². The van der Waals surface area contributed by atoms with Crippen molar-refractivity contribution in [2.45, 2.75) is 18.9 Å². The number of fused-ring (bicyclic) bond motifs is 2. The monoisotopic (exact) mass is 419 g/mol. The molecule has 31 heavy (non-hydrogen) atoms. The summed E-state index contributed by atoms with van der Waals surface area (Å²) in [6.45, 7) is 0.970. The molecule has 0 bridgehead atoms. The number of methoxy groups -OCH3 is 2. The molecule has 0 radical (unpaired) electrons. The summed E-state index contributed by atoms with van der Waals surface area (Å²) < 4.78 is 16.7. The first-order chi connectivity index (χ1) is 15.2. The van der Waals surface area contributed by atoms with Gasteiger partial charge in [0, 0.05) is 18.7 Å². The molecular formula is C24H25N3O4. The Labute approximate surface area is 181 Å². The Morgan fingerprint density at radius 3 is 2.77 bits per heavy atom. The molecule has 7 nitrogen and oxygen atoms in total. The first-order valence-corrected chi connectivity index (χ1v) is 10.4. The lowest BCUT2D eigenvalue weighted by Crippen LogP contribution is -2.46. The smallest absolute Gasteiger partial charge is 0.230 e. The van der Waals surface area contributed by atoms with Gasteiger partial charge in [0.25, 0.3) is 0 Å². The van der Waals surface area contributed by atoms with E-state index in [2.05, 4.69) is 9.97 Å². The van der Waals surface area contributed by atoms with Gasteiger partial charge >= 0.3 is 0 Å². The maximum absolute atomic E-state index is 13.7. The third kappa shape index (κ3) is 3.40. The summed E-state index contributed by atoms with van der Waals surface area (Å²) in [4.78, 5) is 23.5. The lowest BCUT2D eigenvalue weighted by atomic mass is 9.91. The fourth-order valence-electron chi connectivity index (χ4n) is 4.59.